The smallest absolute Gasteiger partial charge is 0.339 e. The summed E-state index contributed by atoms with van der Waals surface area (Å²) in [5.41, 5.74) is 4.14. The number of likely N-dealkylation sites (N-methyl/N-ethyl adjacent to an activating group) is 1. The Bertz CT molecular complexity index is 1190. The zero-order valence-electron chi connectivity index (χ0n) is 18.0. The number of carbonyl (C=O) groups excluding carboxylic acids is 3. The van der Waals surface area contributed by atoms with Gasteiger partial charge in [0.05, 0.1) is 11.1 Å². The molecule has 0 saturated carbocycles. The van der Waals surface area contributed by atoms with E-state index in [2.05, 4.69) is 15.5 Å². The van der Waals surface area contributed by atoms with Gasteiger partial charge in [-0.05, 0) is 37.4 Å². The Kier molecular flexibility index (Phi) is 6.13. The number of para-hydroxylation sites is 1. The second-order valence-corrected chi connectivity index (χ2v) is 7.80. The van der Waals surface area contributed by atoms with E-state index in [0.29, 0.717) is 23.5 Å². The third-order valence-corrected chi connectivity index (χ3v) is 5.26. The molecule has 164 valence electrons. The molecule has 1 aliphatic rings. The highest BCUT2D eigenvalue weighted by atomic mass is 16.5. The van der Waals surface area contributed by atoms with Gasteiger partial charge < -0.3 is 20.3 Å². The van der Waals surface area contributed by atoms with Crippen molar-refractivity contribution in [1.29, 1.82) is 0 Å². The van der Waals surface area contributed by atoms with Crippen molar-refractivity contribution in [3.05, 3.63) is 65.4 Å². The van der Waals surface area contributed by atoms with Crippen LogP contribution in [0.3, 0.4) is 0 Å². The Morgan fingerprint density at radius 3 is 2.44 bits per heavy atom. The number of carbonyl (C=O) groups is 3. The van der Waals surface area contributed by atoms with Crippen LogP contribution in [0.25, 0.3) is 10.9 Å². The van der Waals surface area contributed by atoms with Crippen molar-refractivity contribution in [2.75, 3.05) is 30.8 Å². The highest BCUT2D eigenvalue weighted by molar-refractivity contribution is 6.06. The molecule has 3 aromatic rings. The van der Waals surface area contributed by atoms with E-state index in [1.165, 1.54) is 6.92 Å². The van der Waals surface area contributed by atoms with E-state index in [4.69, 9.17) is 9.72 Å². The molecule has 0 spiro atoms. The quantitative estimate of drug-likeness (QED) is 0.601. The van der Waals surface area contributed by atoms with Crippen LogP contribution in [0.5, 0.6) is 0 Å². The zero-order chi connectivity index (χ0) is 22.7. The largest absolute Gasteiger partial charge is 0.452 e. The Morgan fingerprint density at radius 1 is 1.03 bits per heavy atom. The lowest BCUT2D eigenvalue weighted by Crippen LogP contribution is -2.30. The van der Waals surface area contributed by atoms with Gasteiger partial charge in [-0.1, -0.05) is 18.2 Å². The van der Waals surface area contributed by atoms with E-state index < -0.39 is 18.5 Å². The molecule has 1 aliphatic heterocycles. The normalized spacial score (nSPS) is 13.3. The van der Waals surface area contributed by atoms with Crippen molar-refractivity contribution in [2.24, 2.45) is 0 Å². The van der Waals surface area contributed by atoms with Crippen LogP contribution < -0.4 is 10.6 Å². The monoisotopic (exact) mass is 432 g/mol. The van der Waals surface area contributed by atoms with E-state index in [9.17, 15) is 14.4 Å². The Morgan fingerprint density at radius 2 is 1.72 bits per heavy atom. The van der Waals surface area contributed by atoms with Gasteiger partial charge in [0.2, 0.25) is 5.91 Å². The van der Waals surface area contributed by atoms with Crippen LogP contribution in [-0.2, 0) is 27.3 Å². The fraction of sp³-hybridized carbons (Fsp3) is 0.250. The number of pyridine rings is 1. The van der Waals surface area contributed by atoms with Gasteiger partial charge in [0.25, 0.3) is 5.91 Å². The molecular formula is C24H24N4O4. The number of anilines is 2. The van der Waals surface area contributed by atoms with Crippen LogP contribution in [0.2, 0.25) is 0 Å². The molecule has 2 N–H and O–H groups in total. The molecule has 2 heterocycles. The van der Waals surface area contributed by atoms with Gasteiger partial charge >= 0.3 is 5.97 Å². The minimum Gasteiger partial charge on any atom is -0.452 e. The molecule has 0 unspecified atom stereocenters. The van der Waals surface area contributed by atoms with Crippen molar-refractivity contribution in [2.45, 2.75) is 19.9 Å². The molecule has 2 aromatic carbocycles. The SMILES string of the molecule is CC(=O)Nc1ccc(NC(=O)COC(=O)c2c3c(nc4ccccc24)CCN(C)C3)cc1. The topological polar surface area (TPSA) is 101 Å². The van der Waals surface area contributed by atoms with Crippen LogP contribution in [0.1, 0.15) is 28.5 Å². The summed E-state index contributed by atoms with van der Waals surface area (Å²) in [5, 5.41) is 6.07. The standard InChI is InChI=1S/C24H24N4O4/c1-15(29)25-16-7-9-17(10-8-16)26-22(30)14-32-24(31)23-18-5-3-4-6-20(18)27-21-11-12-28(2)13-19(21)23/h3-10H,11-14H2,1-2H3,(H,25,29)(H,26,30). The van der Waals surface area contributed by atoms with Crippen LogP contribution >= 0.6 is 0 Å². The number of benzene rings is 2. The van der Waals surface area contributed by atoms with Crippen molar-refractivity contribution < 1.29 is 19.1 Å². The molecule has 32 heavy (non-hydrogen) atoms. The zero-order valence-corrected chi connectivity index (χ0v) is 18.0. The average molecular weight is 432 g/mol. The maximum atomic E-state index is 13.1. The summed E-state index contributed by atoms with van der Waals surface area (Å²) in [4.78, 5) is 43.3. The van der Waals surface area contributed by atoms with Crippen LogP contribution in [0.15, 0.2) is 48.5 Å². The van der Waals surface area contributed by atoms with E-state index in [0.717, 1.165) is 35.1 Å². The van der Waals surface area contributed by atoms with E-state index in [1.807, 2.05) is 31.3 Å². The number of esters is 1. The first kappa shape index (κ1) is 21.5. The molecule has 0 fully saturated rings. The number of hydrogen-bond acceptors (Lipinski definition) is 6. The average Bonchev–Trinajstić information content (AvgIpc) is 2.77. The van der Waals surface area contributed by atoms with Gasteiger partial charge in [-0.2, -0.15) is 0 Å². The lowest BCUT2D eigenvalue weighted by atomic mass is 9.96. The molecule has 1 aromatic heterocycles. The molecule has 0 radical (unpaired) electrons. The number of nitrogens with one attached hydrogen (secondary N) is 2. The minimum absolute atomic E-state index is 0.175. The van der Waals surface area contributed by atoms with Crippen LogP contribution in [0.4, 0.5) is 11.4 Å². The first-order valence-corrected chi connectivity index (χ1v) is 10.3. The van der Waals surface area contributed by atoms with Crippen molar-refractivity contribution in [3.63, 3.8) is 0 Å². The number of amides is 2. The summed E-state index contributed by atoms with van der Waals surface area (Å²) in [6.45, 7) is 2.49. The summed E-state index contributed by atoms with van der Waals surface area (Å²) < 4.78 is 5.39. The second kappa shape index (κ2) is 9.15. The molecule has 8 nitrogen and oxygen atoms in total. The van der Waals surface area contributed by atoms with E-state index in [-0.39, 0.29) is 5.91 Å². The highest BCUT2D eigenvalue weighted by Crippen LogP contribution is 2.28. The maximum Gasteiger partial charge on any atom is 0.339 e. The van der Waals surface area contributed by atoms with Gasteiger partial charge in [-0.15, -0.1) is 0 Å². The predicted molar refractivity (Wildman–Crippen MR) is 121 cm³/mol. The van der Waals surface area contributed by atoms with Gasteiger partial charge in [0.1, 0.15) is 0 Å². The van der Waals surface area contributed by atoms with Gasteiger partial charge in [-0.3, -0.25) is 14.6 Å². The molecule has 2 amide bonds. The number of hydrogen-bond donors (Lipinski definition) is 2. The number of aromatic nitrogens is 1. The van der Waals surface area contributed by atoms with Gasteiger partial charge in [-0.25, -0.2) is 4.79 Å². The van der Waals surface area contributed by atoms with Gasteiger partial charge in [0.15, 0.2) is 6.61 Å². The molecule has 4 rings (SSSR count). The summed E-state index contributed by atoms with van der Waals surface area (Å²) in [6, 6.07) is 14.1. The molecule has 0 bridgehead atoms. The first-order valence-electron chi connectivity index (χ1n) is 10.3. The van der Waals surface area contributed by atoms with E-state index in [1.54, 1.807) is 24.3 Å². The fourth-order valence-corrected chi connectivity index (χ4v) is 3.80. The fourth-order valence-electron chi connectivity index (χ4n) is 3.80. The van der Waals surface area contributed by atoms with Crippen LogP contribution in [0, 0.1) is 0 Å². The third-order valence-electron chi connectivity index (χ3n) is 5.26. The minimum atomic E-state index is -0.536. The Hall–Kier alpha value is -3.78. The Balaban J connectivity index is 1.48. The summed E-state index contributed by atoms with van der Waals surface area (Å²) in [6.07, 6.45) is 0.756. The highest BCUT2D eigenvalue weighted by Gasteiger charge is 2.25. The predicted octanol–water partition coefficient (Wildman–Crippen LogP) is 2.98. The maximum absolute atomic E-state index is 13.1. The number of fused-ring (bicyclic) bond motifs is 2. The summed E-state index contributed by atoms with van der Waals surface area (Å²) in [7, 11) is 2.00. The lowest BCUT2D eigenvalue weighted by Gasteiger charge is -2.26. The van der Waals surface area contributed by atoms with E-state index >= 15 is 0 Å². The number of ether oxygens (including phenoxy) is 1. The van der Waals surface area contributed by atoms with Crippen LogP contribution in [-0.4, -0.2) is 47.9 Å². The molecule has 0 atom stereocenters. The number of nitrogens with zero attached hydrogens (tertiary/aromatic N) is 2. The second-order valence-electron chi connectivity index (χ2n) is 7.80. The molecule has 8 heteroatoms. The number of rotatable bonds is 5. The molecular weight excluding hydrogens is 408 g/mol. The molecule has 0 saturated heterocycles. The lowest BCUT2D eigenvalue weighted by molar-refractivity contribution is -0.119. The van der Waals surface area contributed by atoms with Crippen molar-refractivity contribution in [3.8, 4) is 0 Å². The van der Waals surface area contributed by atoms with Crippen molar-refractivity contribution >= 4 is 40.1 Å². The summed E-state index contributed by atoms with van der Waals surface area (Å²) in [5.74, 6) is -1.16. The van der Waals surface area contributed by atoms with Gasteiger partial charge in [0, 0.05) is 54.5 Å². The first-order chi connectivity index (χ1) is 15.4. The molecule has 0 aliphatic carbocycles. The Labute approximate surface area is 185 Å². The van der Waals surface area contributed by atoms with Crippen molar-refractivity contribution in [1.82, 2.24) is 9.88 Å². The summed E-state index contributed by atoms with van der Waals surface area (Å²) >= 11 is 0. The third kappa shape index (κ3) is 4.76.